The number of nitrogens with zero attached hydrogens (tertiary/aromatic N) is 1. The van der Waals surface area contributed by atoms with Gasteiger partial charge in [-0.2, -0.15) is 0 Å². The van der Waals surface area contributed by atoms with Crippen LogP contribution in [0.15, 0.2) is 12.3 Å². The van der Waals surface area contributed by atoms with Crippen molar-refractivity contribution in [1.82, 2.24) is 4.98 Å². The fraction of sp³-hybridized carbons (Fsp3) is 0.583. The molecule has 1 aromatic rings. The molecule has 1 aromatic heterocycles. The van der Waals surface area contributed by atoms with Gasteiger partial charge in [0, 0.05) is 11.8 Å². The number of hydrogen-bond donors (Lipinski definition) is 2. The van der Waals surface area contributed by atoms with Crippen LogP contribution in [0, 0.1) is 12.8 Å². The number of pyridine rings is 1. The van der Waals surface area contributed by atoms with Gasteiger partial charge in [-0.05, 0) is 37.3 Å². The molecule has 3 N–H and O–H groups in total. The molecular formula is C12H18N2O. The molecule has 1 unspecified atom stereocenters. The highest BCUT2D eigenvalue weighted by atomic mass is 16.3. The summed E-state index contributed by atoms with van der Waals surface area (Å²) >= 11 is 0. The molecule has 82 valence electrons. The summed E-state index contributed by atoms with van der Waals surface area (Å²) in [5.41, 5.74) is 7.65. The van der Waals surface area contributed by atoms with E-state index in [0.29, 0.717) is 11.7 Å². The standard InChI is InChI=1S/C12H18N2O/c1-8-6-10(12(13)14-7-8)11(15)9-4-2-3-5-9/h6-7,9,11,15H,2-5H2,1H3,(H2,13,14). The SMILES string of the molecule is Cc1cnc(N)c(C(O)C2CCCC2)c1. The average Bonchev–Trinajstić information content (AvgIpc) is 2.74. The number of rotatable bonds is 2. The topological polar surface area (TPSA) is 59.1 Å². The molecule has 0 aliphatic heterocycles. The molecule has 1 atom stereocenters. The van der Waals surface area contributed by atoms with Crippen molar-refractivity contribution in [3.63, 3.8) is 0 Å². The first-order valence-corrected chi connectivity index (χ1v) is 5.58. The lowest BCUT2D eigenvalue weighted by Crippen LogP contribution is -2.12. The lowest BCUT2D eigenvalue weighted by Gasteiger charge is -2.19. The zero-order chi connectivity index (χ0) is 10.8. The van der Waals surface area contributed by atoms with E-state index in [1.165, 1.54) is 12.8 Å². The predicted molar refractivity (Wildman–Crippen MR) is 60.3 cm³/mol. The normalized spacial score (nSPS) is 19.3. The Morgan fingerprint density at radius 2 is 2.13 bits per heavy atom. The Balaban J connectivity index is 2.23. The number of aliphatic hydroxyl groups is 1. The van der Waals surface area contributed by atoms with Crippen molar-refractivity contribution < 1.29 is 5.11 Å². The average molecular weight is 206 g/mol. The van der Waals surface area contributed by atoms with Crippen LogP contribution in [0.1, 0.15) is 42.9 Å². The molecule has 0 radical (unpaired) electrons. The third-order valence-corrected chi connectivity index (χ3v) is 3.25. The van der Waals surface area contributed by atoms with Crippen molar-refractivity contribution >= 4 is 5.82 Å². The van der Waals surface area contributed by atoms with E-state index >= 15 is 0 Å². The van der Waals surface area contributed by atoms with Crippen LogP contribution >= 0.6 is 0 Å². The summed E-state index contributed by atoms with van der Waals surface area (Å²) < 4.78 is 0. The maximum atomic E-state index is 10.2. The number of aliphatic hydroxyl groups excluding tert-OH is 1. The van der Waals surface area contributed by atoms with Gasteiger partial charge in [-0.3, -0.25) is 0 Å². The summed E-state index contributed by atoms with van der Waals surface area (Å²) in [7, 11) is 0. The molecule has 1 fully saturated rings. The minimum absolute atomic E-state index is 0.371. The van der Waals surface area contributed by atoms with Crippen LogP contribution < -0.4 is 5.73 Å². The van der Waals surface area contributed by atoms with Crippen LogP contribution in [-0.2, 0) is 0 Å². The first-order valence-electron chi connectivity index (χ1n) is 5.58. The van der Waals surface area contributed by atoms with Gasteiger partial charge in [-0.1, -0.05) is 12.8 Å². The Hall–Kier alpha value is -1.09. The third kappa shape index (κ3) is 2.12. The van der Waals surface area contributed by atoms with E-state index in [2.05, 4.69) is 4.98 Å². The molecule has 1 saturated carbocycles. The zero-order valence-electron chi connectivity index (χ0n) is 9.11. The van der Waals surface area contributed by atoms with Gasteiger partial charge in [0.2, 0.25) is 0 Å². The number of nitrogens with two attached hydrogens (primary N) is 1. The number of nitrogen functional groups attached to an aromatic ring is 1. The molecule has 0 aromatic carbocycles. The van der Waals surface area contributed by atoms with E-state index in [1.807, 2.05) is 13.0 Å². The molecule has 0 bridgehead atoms. The van der Waals surface area contributed by atoms with Crippen molar-refractivity contribution in [2.24, 2.45) is 5.92 Å². The van der Waals surface area contributed by atoms with Crippen molar-refractivity contribution in [3.05, 3.63) is 23.4 Å². The molecule has 3 heteroatoms. The second-order valence-corrected chi connectivity index (χ2v) is 4.48. The molecule has 0 spiro atoms. The molecule has 15 heavy (non-hydrogen) atoms. The minimum Gasteiger partial charge on any atom is -0.388 e. The van der Waals surface area contributed by atoms with Crippen molar-refractivity contribution in [1.29, 1.82) is 0 Å². The number of aryl methyl sites for hydroxylation is 1. The molecule has 1 heterocycles. The summed E-state index contributed by atoms with van der Waals surface area (Å²) in [5.74, 6) is 0.843. The van der Waals surface area contributed by atoms with Gasteiger partial charge in [0.1, 0.15) is 5.82 Å². The first kappa shape index (κ1) is 10.4. The smallest absolute Gasteiger partial charge is 0.129 e. The Morgan fingerprint density at radius 1 is 1.47 bits per heavy atom. The maximum Gasteiger partial charge on any atom is 0.129 e. The summed E-state index contributed by atoms with van der Waals surface area (Å²) in [6, 6.07) is 1.95. The van der Waals surface area contributed by atoms with E-state index in [-0.39, 0.29) is 0 Å². The summed E-state index contributed by atoms with van der Waals surface area (Å²) in [6.45, 7) is 1.97. The van der Waals surface area contributed by atoms with Crippen LogP contribution in [0.5, 0.6) is 0 Å². The van der Waals surface area contributed by atoms with Gasteiger partial charge < -0.3 is 10.8 Å². The number of hydrogen-bond acceptors (Lipinski definition) is 3. The Kier molecular flexibility index (Phi) is 2.91. The summed E-state index contributed by atoms with van der Waals surface area (Å²) in [4.78, 5) is 4.09. The van der Waals surface area contributed by atoms with Crippen molar-refractivity contribution in [2.45, 2.75) is 38.7 Å². The molecular weight excluding hydrogens is 188 g/mol. The second-order valence-electron chi connectivity index (χ2n) is 4.48. The molecule has 1 aliphatic carbocycles. The maximum absolute atomic E-state index is 10.2. The van der Waals surface area contributed by atoms with Crippen LogP contribution in [0.25, 0.3) is 0 Å². The van der Waals surface area contributed by atoms with E-state index < -0.39 is 6.10 Å². The summed E-state index contributed by atoms with van der Waals surface area (Å²) in [5, 5.41) is 10.2. The van der Waals surface area contributed by atoms with E-state index in [4.69, 9.17) is 5.73 Å². The first-order chi connectivity index (χ1) is 7.18. The second kappa shape index (κ2) is 4.19. The quantitative estimate of drug-likeness (QED) is 0.779. The largest absolute Gasteiger partial charge is 0.388 e. The highest BCUT2D eigenvalue weighted by Gasteiger charge is 2.26. The van der Waals surface area contributed by atoms with Gasteiger partial charge >= 0.3 is 0 Å². The van der Waals surface area contributed by atoms with E-state index in [0.717, 1.165) is 24.0 Å². The van der Waals surface area contributed by atoms with E-state index in [9.17, 15) is 5.11 Å². The van der Waals surface area contributed by atoms with Crippen LogP contribution in [0.2, 0.25) is 0 Å². The highest BCUT2D eigenvalue weighted by Crippen LogP contribution is 2.37. The highest BCUT2D eigenvalue weighted by molar-refractivity contribution is 5.42. The molecule has 0 saturated heterocycles. The van der Waals surface area contributed by atoms with Gasteiger partial charge in [-0.15, -0.1) is 0 Å². The lowest BCUT2D eigenvalue weighted by atomic mass is 9.94. The molecule has 1 aliphatic rings. The number of anilines is 1. The Labute approximate surface area is 90.3 Å². The fourth-order valence-electron chi connectivity index (χ4n) is 2.37. The van der Waals surface area contributed by atoms with Crippen LogP contribution in [0.4, 0.5) is 5.82 Å². The predicted octanol–water partition coefficient (Wildman–Crippen LogP) is 2.20. The molecule has 0 amide bonds. The monoisotopic (exact) mass is 206 g/mol. The molecule has 3 nitrogen and oxygen atoms in total. The van der Waals surface area contributed by atoms with Gasteiger partial charge in [0.25, 0.3) is 0 Å². The zero-order valence-corrected chi connectivity index (χ0v) is 9.11. The van der Waals surface area contributed by atoms with Gasteiger partial charge in [-0.25, -0.2) is 4.98 Å². The van der Waals surface area contributed by atoms with Crippen LogP contribution in [0.3, 0.4) is 0 Å². The van der Waals surface area contributed by atoms with Crippen LogP contribution in [-0.4, -0.2) is 10.1 Å². The van der Waals surface area contributed by atoms with Gasteiger partial charge in [0.05, 0.1) is 6.10 Å². The van der Waals surface area contributed by atoms with E-state index in [1.54, 1.807) is 6.20 Å². The Bertz CT molecular complexity index is 345. The lowest BCUT2D eigenvalue weighted by molar-refractivity contribution is 0.112. The minimum atomic E-state index is -0.431. The Morgan fingerprint density at radius 3 is 2.80 bits per heavy atom. The summed E-state index contributed by atoms with van der Waals surface area (Å²) in [6.07, 6.45) is 5.96. The van der Waals surface area contributed by atoms with Crippen molar-refractivity contribution in [3.8, 4) is 0 Å². The van der Waals surface area contributed by atoms with Gasteiger partial charge in [0.15, 0.2) is 0 Å². The third-order valence-electron chi connectivity index (χ3n) is 3.25. The molecule has 2 rings (SSSR count). The van der Waals surface area contributed by atoms with Crippen molar-refractivity contribution in [2.75, 3.05) is 5.73 Å². The number of aromatic nitrogens is 1. The fourth-order valence-corrected chi connectivity index (χ4v) is 2.37.